The highest BCUT2D eigenvalue weighted by atomic mass is 127. The number of hydrogen-bond donors (Lipinski definition) is 0. The molecule has 0 unspecified atom stereocenters. The van der Waals surface area contributed by atoms with Crippen molar-refractivity contribution in [2.75, 3.05) is 0 Å². The zero-order valence-corrected chi connectivity index (χ0v) is 11.7. The van der Waals surface area contributed by atoms with Gasteiger partial charge < -0.3 is 0 Å². The van der Waals surface area contributed by atoms with E-state index < -0.39 is 31.1 Å². The number of nitro benzene ring substituents is 2. The van der Waals surface area contributed by atoms with E-state index in [1.165, 1.54) is 24.3 Å². The minimum Gasteiger partial charge on any atom is -0.258 e. The minimum atomic E-state index is -0.665. The molecule has 0 heterocycles. The molecule has 0 saturated carbocycles. The average Bonchev–Trinajstić information content (AvgIpc) is 2.39. The van der Waals surface area contributed by atoms with Gasteiger partial charge in [-0.05, 0) is 12.1 Å². The fourth-order valence-electron chi connectivity index (χ4n) is 1.42. The maximum absolute atomic E-state index is 10.7. The van der Waals surface area contributed by atoms with E-state index in [2.05, 4.69) is 0 Å². The lowest BCUT2D eigenvalue weighted by atomic mass is 10.3. The molecule has 2 aromatic carbocycles. The third-order valence-corrected chi connectivity index (χ3v) is 4.84. The Labute approximate surface area is 118 Å². The van der Waals surface area contributed by atoms with Crippen LogP contribution in [0.2, 0.25) is 0 Å². The van der Waals surface area contributed by atoms with Crippen molar-refractivity contribution >= 4 is 11.4 Å². The van der Waals surface area contributed by atoms with Crippen LogP contribution < -0.4 is 21.2 Å². The van der Waals surface area contributed by atoms with Crippen LogP contribution in [0.1, 0.15) is 0 Å². The first kappa shape index (κ1) is 13.4. The van der Waals surface area contributed by atoms with Gasteiger partial charge in [-0.25, -0.2) is 0 Å². The van der Waals surface area contributed by atoms with E-state index >= 15 is 0 Å². The van der Waals surface area contributed by atoms with Crippen LogP contribution in [0.25, 0.3) is 0 Å². The largest absolute Gasteiger partial charge is 0.358 e. The van der Waals surface area contributed by atoms with Gasteiger partial charge in [0, 0.05) is 12.1 Å². The third kappa shape index (κ3) is 3.47. The summed E-state index contributed by atoms with van der Waals surface area (Å²) in [5.41, 5.74) is 0.0882. The Morgan fingerprint density at radius 2 is 1.21 bits per heavy atom. The first-order chi connectivity index (χ1) is 9.06. The molecule has 0 atom stereocenters. The van der Waals surface area contributed by atoms with Crippen LogP contribution >= 0.6 is 0 Å². The second-order valence-electron chi connectivity index (χ2n) is 3.57. The fourth-order valence-corrected chi connectivity index (χ4v) is 3.87. The average molecular weight is 371 g/mol. The molecule has 6 nitrogen and oxygen atoms in total. The molecule has 0 spiro atoms. The summed E-state index contributed by atoms with van der Waals surface area (Å²) in [6, 6.07) is 12.8. The summed E-state index contributed by atoms with van der Waals surface area (Å²) >= 11 is -0.665. The molecule has 0 aliphatic carbocycles. The number of non-ortho nitro benzene ring substituents is 2. The van der Waals surface area contributed by atoms with E-state index in [-0.39, 0.29) is 11.4 Å². The molecule has 0 aliphatic rings. The van der Waals surface area contributed by atoms with E-state index in [9.17, 15) is 20.2 Å². The minimum absolute atomic E-state index is 0.0441. The van der Waals surface area contributed by atoms with Gasteiger partial charge in [-0.3, -0.25) is 20.2 Å². The lowest BCUT2D eigenvalue weighted by Gasteiger charge is -1.91. The van der Waals surface area contributed by atoms with Crippen molar-refractivity contribution in [3.63, 3.8) is 0 Å². The first-order valence-corrected chi connectivity index (χ1v) is 7.36. The standard InChI is InChI=1S/C12H8IN2O4/c16-14(17)11-5-1-3-9(7-11)13-10-4-2-6-12(8-10)15(18)19/h1-8H/q+1. The number of benzene rings is 2. The normalized spacial score (nSPS) is 10.1. The second kappa shape index (κ2) is 5.74. The number of nitro groups is 2. The van der Waals surface area contributed by atoms with Gasteiger partial charge in [-0.1, -0.05) is 12.1 Å². The van der Waals surface area contributed by atoms with Crippen LogP contribution in [-0.2, 0) is 0 Å². The van der Waals surface area contributed by atoms with Gasteiger partial charge in [0.05, 0.1) is 22.0 Å². The van der Waals surface area contributed by atoms with Crippen molar-refractivity contribution in [2.24, 2.45) is 0 Å². The SMILES string of the molecule is O=[N+]([O-])c1cccc([I+]c2cccc([N+](=O)[O-])c2)c1. The van der Waals surface area contributed by atoms with Crippen LogP contribution in [0.4, 0.5) is 11.4 Å². The van der Waals surface area contributed by atoms with Crippen LogP contribution in [0.3, 0.4) is 0 Å². The Morgan fingerprint density at radius 3 is 1.58 bits per heavy atom. The number of rotatable bonds is 4. The zero-order chi connectivity index (χ0) is 13.8. The topological polar surface area (TPSA) is 86.3 Å². The number of hydrogen-bond acceptors (Lipinski definition) is 4. The van der Waals surface area contributed by atoms with Crippen LogP contribution in [0.15, 0.2) is 48.5 Å². The Kier molecular flexibility index (Phi) is 4.05. The lowest BCUT2D eigenvalue weighted by Crippen LogP contribution is -3.61. The predicted molar refractivity (Wildman–Crippen MR) is 63.6 cm³/mol. The van der Waals surface area contributed by atoms with Crippen LogP contribution in [0, 0.1) is 27.4 Å². The third-order valence-electron chi connectivity index (χ3n) is 2.26. The quantitative estimate of drug-likeness (QED) is 0.417. The van der Waals surface area contributed by atoms with E-state index in [4.69, 9.17) is 0 Å². The maximum Gasteiger partial charge on any atom is 0.358 e. The highest BCUT2D eigenvalue weighted by molar-refractivity contribution is 5.29. The molecule has 7 heteroatoms. The van der Waals surface area contributed by atoms with Crippen molar-refractivity contribution in [1.82, 2.24) is 0 Å². The molecule has 2 aromatic rings. The molecule has 0 saturated heterocycles. The molecule has 96 valence electrons. The predicted octanol–water partition coefficient (Wildman–Crippen LogP) is -0.369. The Hall–Kier alpha value is -2.03. The van der Waals surface area contributed by atoms with Crippen molar-refractivity contribution in [1.29, 1.82) is 0 Å². The first-order valence-electron chi connectivity index (χ1n) is 5.20. The Bertz CT molecular complexity index is 590. The zero-order valence-electron chi connectivity index (χ0n) is 9.52. The maximum atomic E-state index is 10.7. The summed E-state index contributed by atoms with van der Waals surface area (Å²) in [7, 11) is 0. The number of nitrogens with zero attached hydrogens (tertiary/aromatic N) is 2. The van der Waals surface area contributed by atoms with E-state index in [0.717, 1.165) is 7.14 Å². The van der Waals surface area contributed by atoms with Gasteiger partial charge in [0.25, 0.3) is 11.4 Å². The summed E-state index contributed by atoms with van der Waals surface area (Å²) in [4.78, 5) is 20.5. The van der Waals surface area contributed by atoms with E-state index in [0.29, 0.717) is 0 Å². The van der Waals surface area contributed by atoms with Gasteiger partial charge in [-0.15, -0.1) is 0 Å². The highest BCUT2D eigenvalue weighted by Crippen LogP contribution is 2.09. The molecule has 0 aliphatic heterocycles. The smallest absolute Gasteiger partial charge is 0.258 e. The summed E-state index contributed by atoms with van der Waals surface area (Å²) in [5.74, 6) is 0. The van der Waals surface area contributed by atoms with Gasteiger partial charge in [0.2, 0.25) is 7.14 Å². The molecule has 0 fully saturated rings. The lowest BCUT2D eigenvalue weighted by molar-refractivity contribution is -0.598. The monoisotopic (exact) mass is 371 g/mol. The molecule has 2 rings (SSSR count). The molecule has 0 radical (unpaired) electrons. The molecular formula is C12H8IN2O4+. The van der Waals surface area contributed by atoms with E-state index in [1.54, 1.807) is 24.3 Å². The second-order valence-corrected chi connectivity index (χ2v) is 6.60. The molecule has 0 amide bonds. The Morgan fingerprint density at radius 1 is 0.789 bits per heavy atom. The van der Waals surface area contributed by atoms with Gasteiger partial charge in [0.1, 0.15) is 0 Å². The summed E-state index contributed by atoms with van der Waals surface area (Å²) in [6.45, 7) is 0. The fraction of sp³-hybridized carbons (Fsp3) is 0. The summed E-state index contributed by atoms with van der Waals surface area (Å²) in [5, 5.41) is 21.4. The molecular weight excluding hydrogens is 363 g/mol. The van der Waals surface area contributed by atoms with Gasteiger partial charge in [0.15, 0.2) is 0 Å². The number of halogens is 1. The van der Waals surface area contributed by atoms with Gasteiger partial charge in [-0.2, -0.15) is 0 Å². The highest BCUT2D eigenvalue weighted by Gasteiger charge is 2.21. The molecule has 0 bridgehead atoms. The van der Waals surface area contributed by atoms with Crippen LogP contribution in [0.5, 0.6) is 0 Å². The van der Waals surface area contributed by atoms with Crippen LogP contribution in [-0.4, -0.2) is 9.85 Å². The molecule has 0 N–H and O–H groups in total. The summed E-state index contributed by atoms with van der Waals surface area (Å²) < 4.78 is 1.71. The van der Waals surface area contributed by atoms with E-state index in [1.807, 2.05) is 0 Å². The van der Waals surface area contributed by atoms with Crippen molar-refractivity contribution in [2.45, 2.75) is 0 Å². The molecule has 19 heavy (non-hydrogen) atoms. The molecule has 0 aromatic heterocycles. The Balaban J connectivity index is 2.26. The summed E-state index contributed by atoms with van der Waals surface area (Å²) in [6.07, 6.45) is 0. The van der Waals surface area contributed by atoms with Crippen molar-refractivity contribution < 1.29 is 31.1 Å². The van der Waals surface area contributed by atoms with Crippen molar-refractivity contribution in [3.05, 3.63) is 75.9 Å². The van der Waals surface area contributed by atoms with Gasteiger partial charge >= 0.3 is 21.2 Å². The van der Waals surface area contributed by atoms with Crippen molar-refractivity contribution in [3.8, 4) is 0 Å².